The Kier molecular flexibility index (Phi) is 3.90. The molecule has 4 heteroatoms. The highest BCUT2D eigenvalue weighted by Crippen LogP contribution is 2.38. The molecule has 1 spiro atoms. The number of aliphatic imine (C=N–C) groups is 1. The molecular weight excluding hydrogens is 320 g/mol. The summed E-state index contributed by atoms with van der Waals surface area (Å²) in [5.41, 5.74) is 1.63. The van der Waals surface area contributed by atoms with Crippen LogP contribution in [0.2, 0.25) is 0 Å². The van der Waals surface area contributed by atoms with Crippen molar-refractivity contribution < 1.29 is 0 Å². The largest absolute Gasteiger partial charge is 0.359 e. The molecule has 1 saturated heterocycles. The van der Waals surface area contributed by atoms with E-state index in [1.807, 2.05) is 11.8 Å². The molecule has 1 N–H and O–H groups in total. The first-order chi connectivity index (χ1) is 9.17. The smallest absolute Gasteiger partial charge is 0.157 e. The van der Waals surface area contributed by atoms with Gasteiger partial charge in [-0.3, -0.25) is 4.99 Å². The van der Waals surface area contributed by atoms with E-state index in [-0.39, 0.29) is 6.04 Å². The van der Waals surface area contributed by atoms with E-state index in [2.05, 4.69) is 52.4 Å². The summed E-state index contributed by atoms with van der Waals surface area (Å²) in [7, 11) is 0. The van der Waals surface area contributed by atoms with Gasteiger partial charge >= 0.3 is 0 Å². The molecule has 3 rings (SSSR count). The van der Waals surface area contributed by atoms with Gasteiger partial charge < -0.3 is 5.32 Å². The minimum Gasteiger partial charge on any atom is -0.359 e. The Morgan fingerprint density at radius 2 is 1.95 bits per heavy atom. The SMILES string of the molecule is CC(N=C1NC2(CCCC2)CS1)c1ccc(Br)cc1. The van der Waals surface area contributed by atoms with Gasteiger partial charge in [0.05, 0.1) is 6.04 Å². The average Bonchev–Trinajstić information content (AvgIpc) is 3.01. The van der Waals surface area contributed by atoms with E-state index in [0.717, 1.165) is 9.64 Å². The van der Waals surface area contributed by atoms with Gasteiger partial charge in [-0.05, 0) is 37.5 Å². The molecule has 102 valence electrons. The number of benzene rings is 1. The maximum Gasteiger partial charge on any atom is 0.157 e. The number of hydrogen-bond acceptors (Lipinski definition) is 2. The summed E-state index contributed by atoms with van der Waals surface area (Å²) >= 11 is 5.37. The highest BCUT2D eigenvalue weighted by atomic mass is 79.9. The highest BCUT2D eigenvalue weighted by molar-refractivity contribution is 9.10. The summed E-state index contributed by atoms with van der Waals surface area (Å²) in [5, 5.41) is 4.82. The molecule has 2 fully saturated rings. The van der Waals surface area contributed by atoms with Crippen LogP contribution in [-0.4, -0.2) is 16.5 Å². The first kappa shape index (κ1) is 13.5. The Morgan fingerprint density at radius 1 is 1.26 bits per heavy atom. The molecule has 0 aromatic heterocycles. The van der Waals surface area contributed by atoms with Gasteiger partial charge in [-0.15, -0.1) is 0 Å². The molecule has 2 aliphatic rings. The number of halogens is 1. The Balaban J connectivity index is 1.70. The van der Waals surface area contributed by atoms with Crippen LogP contribution in [0.1, 0.15) is 44.2 Å². The lowest BCUT2D eigenvalue weighted by Crippen LogP contribution is -2.40. The normalized spacial score (nSPS) is 24.8. The molecule has 1 aliphatic carbocycles. The minimum atomic E-state index is 0.222. The number of nitrogens with zero attached hydrogens (tertiary/aromatic N) is 1. The van der Waals surface area contributed by atoms with E-state index in [9.17, 15) is 0 Å². The van der Waals surface area contributed by atoms with E-state index < -0.39 is 0 Å². The molecule has 1 aromatic carbocycles. The summed E-state index contributed by atoms with van der Waals surface area (Å²) in [4.78, 5) is 4.85. The Hall–Kier alpha value is -0.480. The third kappa shape index (κ3) is 3.00. The lowest BCUT2D eigenvalue weighted by Gasteiger charge is -2.22. The van der Waals surface area contributed by atoms with Gasteiger partial charge in [0.2, 0.25) is 0 Å². The van der Waals surface area contributed by atoms with Crippen molar-refractivity contribution >= 4 is 32.9 Å². The fourth-order valence-electron chi connectivity index (χ4n) is 2.89. The van der Waals surface area contributed by atoms with Crippen molar-refractivity contribution in [3.05, 3.63) is 34.3 Å². The summed E-state index contributed by atoms with van der Waals surface area (Å²) in [6, 6.07) is 8.67. The predicted molar refractivity (Wildman–Crippen MR) is 86.8 cm³/mol. The van der Waals surface area contributed by atoms with Crippen LogP contribution in [0.5, 0.6) is 0 Å². The fraction of sp³-hybridized carbons (Fsp3) is 0.533. The summed E-state index contributed by atoms with van der Waals surface area (Å²) < 4.78 is 1.12. The molecule has 1 unspecified atom stereocenters. The lowest BCUT2D eigenvalue weighted by atomic mass is 10.0. The number of amidine groups is 1. The van der Waals surface area contributed by atoms with Crippen molar-refractivity contribution in [3.8, 4) is 0 Å². The topological polar surface area (TPSA) is 24.4 Å². The van der Waals surface area contributed by atoms with Crippen LogP contribution < -0.4 is 5.32 Å². The summed E-state index contributed by atoms with van der Waals surface area (Å²) in [6.45, 7) is 2.16. The van der Waals surface area contributed by atoms with Crippen molar-refractivity contribution in [3.63, 3.8) is 0 Å². The fourth-order valence-corrected chi connectivity index (χ4v) is 4.45. The molecule has 2 nitrogen and oxygen atoms in total. The average molecular weight is 339 g/mol. The molecular formula is C15H19BrN2S. The highest BCUT2D eigenvalue weighted by Gasteiger charge is 2.39. The second-order valence-electron chi connectivity index (χ2n) is 5.56. The van der Waals surface area contributed by atoms with Crippen molar-refractivity contribution in [2.45, 2.75) is 44.2 Å². The van der Waals surface area contributed by atoms with Crippen LogP contribution in [0.15, 0.2) is 33.7 Å². The molecule has 1 aromatic rings. The summed E-state index contributed by atoms with van der Waals surface area (Å²) in [6.07, 6.45) is 5.35. The van der Waals surface area contributed by atoms with Gasteiger partial charge in [0.25, 0.3) is 0 Å². The zero-order valence-corrected chi connectivity index (χ0v) is 13.6. The van der Waals surface area contributed by atoms with Crippen LogP contribution in [0.3, 0.4) is 0 Å². The van der Waals surface area contributed by atoms with Crippen LogP contribution in [-0.2, 0) is 0 Å². The molecule has 0 bridgehead atoms. The van der Waals surface area contributed by atoms with Crippen LogP contribution >= 0.6 is 27.7 Å². The predicted octanol–water partition coefficient (Wildman–Crippen LogP) is 4.52. The van der Waals surface area contributed by atoms with Crippen LogP contribution in [0.4, 0.5) is 0 Å². The first-order valence-electron chi connectivity index (χ1n) is 6.91. The van der Waals surface area contributed by atoms with Gasteiger partial charge in [-0.2, -0.15) is 0 Å². The van der Waals surface area contributed by atoms with Gasteiger partial charge in [-0.1, -0.05) is 52.7 Å². The first-order valence-corrected chi connectivity index (χ1v) is 8.69. The summed E-state index contributed by atoms with van der Waals surface area (Å²) in [5.74, 6) is 1.19. The lowest BCUT2D eigenvalue weighted by molar-refractivity contribution is 0.452. The van der Waals surface area contributed by atoms with E-state index in [1.165, 1.54) is 37.0 Å². The van der Waals surface area contributed by atoms with Gasteiger partial charge in [0, 0.05) is 15.8 Å². The standard InChI is InChI=1S/C15H19BrN2S/c1-11(12-4-6-13(16)7-5-12)17-14-18-15(10-19-14)8-2-3-9-15/h4-7,11H,2-3,8-10H2,1H3,(H,17,18). The number of thioether (sulfide) groups is 1. The van der Waals surface area contributed by atoms with Crippen molar-refractivity contribution in [1.29, 1.82) is 0 Å². The molecule has 1 saturated carbocycles. The van der Waals surface area contributed by atoms with Crippen molar-refractivity contribution in [2.75, 3.05) is 5.75 Å². The van der Waals surface area contributed by atoms with E-state index in [4.69, 9.17) is 4.99 Å². The minimum absolute atomic E-state index is 0.222. The molecule has 1 aliphatic heterocycles. The Labute approximate surface area is 127 Å². The van der Waals surface area contributed by atoms with E-state index in [1.54, 1.807) is 0 Å². The quantitative estimate of drug-likeness (QED) is 0.857. The second-order valence-corrected chi connectivity index (χ2v) is 7.44. The van der Waals surface area contributed by atoms with E-state index >= 15 is 0 Å². The zero-order valence-electron chi connectivity index (χ0n) is 11.2. The molecule has 0 amide bonds. The van der Waals surface area contributed by atoms with Crippen LogP contribution in [0, 0.1) is 0 Å². The monoisotopic (exact) mass is 338 g/mol. The zero-order chi connectivity index (χ0) is 13.3. The van der Waals surface area contributed by atoms with Crippen LogP contribution in [0.25, 0.3) is 0 Å². The van der Waals surface area contributed by atoms with Gasteiger partial charge in [0.1, 0.15) is 0 Å². The van der Waals surface area contributed by atoms with Gasteiger partial charge in [0.15, 0.2) is 5.17 Å². The molecule has 1 heterocycles. The Morgan fingerprint density at radius 3 is 2.63 bits per heavy atom. The van der Waals surface area contributed by atoms with Gasteiger partial charge in [-0.25, -0.2) is 0 Å². The third-order valence-electron chi connectivity index (χ3n) is 4.08. The number of nitrogens with one attached hydrogen (secondary N) is 1. The van der Waals surface area contributed by atoms with E-state index in [0.29, 0.717) is 5.54 Å². The van der Waals surface area contributed by atoms with Crippen molar-refractivity contribution in [2.24, 2.45) is 4.99 Å². The maximum atomic E-state index is 4.85. The second kappa shape index (κ2) is 5.49. The maximum absolute atomic E-state index is 4.85. The Bertz CT molecular complexity index is 477. The van der Waals surface area contributed by atoms with Crippen molar-refractivity contribution in [1.82, 2.24) is 5.32 Å². The molecule has 19 heavy (non-hydrogen) atoms. The molecule has 1 atom stereocenters. The third-order valence-corrected chi connectivity index (χ3v) is 5.79. The molecule has 0 radical (unpaired) electrons. The number of rotatable bonds is 2. The number of hydrogen-bond donors (Lipinski definition) is 1.